The van der Waals surface area contributed by atoms with Crippen LogP contribution >= 0.6 is 23.4 Å². The van der Waals surface area contributed by atoms with Gasteiger partial charge in [0.1, 0.15) is 34.3 Å². The van der Waals surface area contributed by atoms with Gasteiger partial charge in [-0.05, 0) is 69.2 Å². The first kappa shape index (κ1) is 53.9. The molecular formula is C52H71ClN16O5S. The van der Waals surface area contributed by atoms with Gasteiger partial charge in [0, 0.05) is 120 Å². The minimum Gasteiger partial charge on any atom is -0.391 e. The number of anilines is 3. The van der Waals surface area contributed by atoms with Crippen molar-refractivity contribution in [1.29, 1.82) is 0 Å². The third kappa shape index (κ3) is 12.1. The number of nitrogens with zero attached hydrogens (tertiary/aromatic N) is 13. The summed E-state index contributed by atoms with van der Waals surface area (Å²) in [4.78, 5) is 67.0. The summed E-state index contributed by atoms with van der Waals surface area (Å²) in [6.07, 6.45) is 8.83. The summed E-state index contributed by atoms with van der Waals surface area (Å²) in [6, 6.07) is 9.86. The lowest BCUT2D eigenvalue weighted by Gasteiger charge is -2.43. The highest BCUT2D eigenvalue weighted by Crippen LogP contribution is 2.41. The second kappa shape index (κ2) is 22.7. The first-order valence-electron chi connectivity index (χ1n) is 26.2. The number of piperazine rings is 1. The second-order valence-corrected chi connectivity index (χ2v) is 22.6. The number of aliphatic hydroxyl groups is 2. The van der Waals surface area contributed by atoms with E-state index in [4.69, 9.17) is 23.1 Å². The summed E-state index contributed by atoms with van der Waals surface area (Å²) < 4.78 is 3.47. The van der Waals surface area contributed by atoms with Gasteiger partial charge in [-0.25, -0.2) is 19.6 Å². The zero-order chi connectivity index (χ0) is 53.2. The first-order valence-corrected chi connectivity index (χ1v) is 27.4. The van der Waals surface area contributed by atoms with Crippen molar-refractivity contribution in [3.8, 4) is 11.3 Å². The van der Waals surface area contributed by atoms with E-state index < -0.39 is 29.8 Å². The summed E-state index contributed by atoms with van der Waals surface area (Å²) >= 11 is 8.31. The number of hydrogen-bond donors (Lipinski definition) is 5. The molecule has 0 unspecified atom stereocenters. The normalized spacial score (nSPS) is 20.9. The Morgan fingerprint density at radius 1 is 0.947 bits per heavy atom. The lowest BCUT2D eigenvalue weighted by Crippen LogP contribution is -2.59. The summed E-state index contributed by atoms with van der Waals surface area (Å²) in [6.45, 7) is 15.5. The molecule has 9 rings (SSSR count). The van der Waals surface area contributed by atoms with Crippen molar-refractivity contribution in [2.24, 2.45) is 11.7 Å². The molecule has 4 aromatic heterocycles. The lowest BCUT2D eigenvalue weighted by molar-refractivity contribution is -0.155. The Morgan fingerprint density at radius 3 is 2.31 bits per heavy atom. The van der Waals surface area contributed by atoms with Gasteiger partial charge in [0.05, 0.1) is 34.8 Å². The topological polar surface area (TPSA) is 259 Å². The van der Waals surface area contributed by atoms with Crippen molar-refractivity contribution < 1.29 is 24.6 Å². The van der Waals surface area contributed by atoms with E-state index in [1.807, 2.05) is 66.8 Å². The van der Waals surface area contributed by atoms with Crippen LogP contribution in [0.5, 0.6) is 0 Å². The number of pyridine rings is 1. The number of nitrogens with two attached hydrogens (primary N) is 2. The lowest BCUT2D eigenvalue weighted by atomic mass is 9.89. The number of likely N-dealkylation sites (tertiary alicyclic amines) is 1. The Labute approximate surface area is 447 Å². The number of benzene rings is 1. The van der Waals surface area contributed by atoms with Crippen LogP contribution in [0.4, 0.5) is 17.5 Å². The molecule has 7 N–H and O–H groups in total. The molecule has 0 spiro atoms. The zero-order valence-corrected chi connectivity index (χ0v) is 45.1. The van der Waals surface area contributed by atoms with E-state index in [9.17, 15) is 24.6 Å². The highest BCUT2D eigenvalue weighted by Gasteiger charge is 2.45. The average Bonchev–Trinajstić information content (AvgIpc) is 4.16. The van der Waals surface area contributed by atoms with Crippen molar-refractivity contribution >= 4 is 58.5 Å². The number of carbonyl (C=O) groups is 3. The van der Waals surface area contributed by atoms with E-state index in [1.54, 1.807) is 41.3 Å². The third-order valence-electron chi connectivity index (χ3n) is 15.3. The molecule has 4 aliphatic heterocycles. The molecule has 4 aliphatic rings. The number of β-amino-alcohol motifs (C(OH)–C–C–N with tert-alkyl or cyclic N) is 1. The number of hydrogen-bond acceptors (Lipinski definition) is 17. The molecule has 3 amide bonds. The molecule has 75 heavy (non-hydrogen) atoms. The monoisotopic (exact) mass is 1070 g/mol. The Morgan fingerprint density at radius 2 is 1.65 bits per heavy atom. The van der Waals surface area contributed by atoms with Crippen LogP contribution in [0.3, 0.4) is 0 Å². The van der Waals surface area contributed by atoms with Crippen molar-refractivity contribution in [3.05, 3.63) is 77.5 Å². The Balaban J connectivity index is 0.810. The number of nitrogen functional groups attached to an aromatic ring is 1. The van der Waals surface area contributed by atoms with E-state index >= 15 is 0 Å². The second-order valence-electron chi connectivity index (χ2n) is 21.2. The summed E-state index contributed by atoms with van der Waals surface area (Å²) in [5.74, 6) is 0.515. The van der Waals surface area contributed by atoms with Crippen molar-refractivity contribution in [2.45, 2.75) is 125 Å². The standard InChI is InChI=1S/C52H71ClN16O5S/c1-6-68-39(11-19-58-68)36-9-7-35(8-10-36)38(59-47(71)40-29-37(70)32-67(40)49(72)44(33(2)3)69-31-34(4)61-62-69)13-20-63-25-27-66(28-26-63)50(73)52(74)16-23-65(24-17-52)46-43(53)41(12-18-56-46)75-48-45(54)60-42(30-57-48)64-21-14-51(5,55)15-22-64/h7-12,18-19,30-31,33,37-38,40,44,70,74H,6,13-17,20-29,32,55H2,1-5H3,(H2,54,60)(H,59,71)/t37-,38+,40+,44+/m1/s1. The van der Waals surface area contributed by atoms with Gasteiger partial charge in [0.15, 0.2) is 5.82 Å². The maximum atomic E-state index is 14.4. The third-order valence-corrected chi connectivity index (χ3v) is 16.9. The number of rotatable bonds is 16. The first-order chi connectivity index (χ1) is 35.9. The summed E-state index contributed by atoms with van der Waals surface area (Å²) in [7, 11) is 0. The van der Waals surface area contributed by atoms with E-state index in [-0.39, 0.29) is 55.0 Å². The van der Waals surface area contributed by atoms with Gasteiger partial charge in [-0.3, -0.25) is 24.0 Å². The van der Waals surface area contributed by atoms with Crippen LogP contribution in [-0.4, -0.2) is 171 Å². The maximum Gasteiger partial charge on any atom is 0.254 e. The van der Waals surface area contributed by atoms with Gasteiger partial charge in [0.2, 0.25) is 11.8 Å². The quantitative estimate of drug-likeness (QED) is 0.0938. The highest BCUT2D eigenvalue weighted by atomic mass is 35.5. The molecule has 1 aromatic carbocycles. The fourth-order valence-electron chi connectivity index (χ4n) is 10.7. The molecule has 8 heterocycles. The van der Waals surface area contributed by atoms with Crippen LogP contribution in [0.2, 0.25) is 5.02 Å². The van der Waals surface area contributed by atoms with Crippen LogP contribution in [-0.2, 0) is 20.9 Å². The van der Waals surface area contributed by atoms with E-state index in [1.165, 1.54) is 16.7 Å². The number of carbonyl (C=O) groups excluding carboxylic acids is 3. The average molecular weight is 1070 g/mol. The maximum absolute atomic E-state index is 14.4. The molecule has 0 bridgehead atoms. The summed E-state index contributed by atoms with van der Waals surface area (Å²) in [5.41, 5.74) is 14.6. The zero-order valence-electron chi connectivity index (χ0n) is 43.6. The van der Waals surface area contributed by atoms with Gasteiger partial charge < -0.3 is 46.6 Å². The Kier molecular flexibility index (Phi) is 16.3. The van der Waals surface area contributed by atoms with Crippen LogP contribution in [0.25, 0.3) is 11.3 Å². The molecule has 0 aliphatic carbocycles. The van der Waals surface area contributed by atoms with Crippen LogP contribution < -0.4 is 26.6 Å². The van der Waals surface area contributed by atoms with E-state index in [0.717, 1.165) is 55.1 Å². The number of aryl methyl sites for hydroxylation is 2. The number of aliphatic hydroxyl groups excluding tert-OH is 1. The summed E-state index contributed by atoms with van der Waals surface area (Å²) in [5, 5.41) is 39.7. The molecule has 0 radical (unpaired) electrons. The minimum atomic E-state index is -1.54. The number of piperidine rings is 2. The van der Waals surface area contributed by atoms with Gasteiger partial charge in [-0.15, -0.1) is 5.10 Å². The van der Waals surface area contributed by atoms with Crippen molar-refractivity contribution in [1.82, 2.24) is 59.7 Å². The smallest absolute Gasteiger partial charge is 0.254 e. The van der Waals surface area contributed by atoms with Gasteiger partial charge in [-0.1, -0.05) is 66.7 Å². The Bertz CT molecular complexity index is 2800. The van der Waals surface area contributed by atoms with Crippen LogP contribution in [0, 0.1) is 12.8 Å². The number of halogens is 1. The highest BCUT2D eigenvalue weighted by molar-refractivity contribution is 7.99. The molecule has 23 heteroatoms. The molecule has 5 aromatic rings. The van der Waals surface area contributed by atoms with E-state index in [0.29, 0.717) is 84.5 Å². The predicted octanol–water partition coefficient (Wildman–Crippen LogP) is 3.94. The molecule has 21 nitrogen and oxygen atoms in total. The van der Waals surface area contributed by atoms with E-state index in [2.05, 4.69) is 52.4 Å². The molecule has 402 valence electrons. The van der Waals surface area contributed by atoms with Gasteiger partial charge in [0.25, 0.3) is 5.91 Å². The molecule has 4 saturated heterocycles. The van der Waals surface area contributed by atoms with Crippen molar-refractivity contribution in [2.75, 3.05) is 81.0 Å². The molecule has 0 saturated carbocycles. The fraction of sp³-hybridized carbons (Fsp3) is 0.558. The van der Waals surface area contributed by atoms with Gasteiger partial charge >= 0.3 is 0 Å². The molecular weight excluding hydrogens is 996 g/mol. The number of nitrogens with one attached hydrogen (secondary N) is 1. The fourth-order valence-corrected chi connectivity index (χ4v) is 11.9. The van der Waals surface area contributed by atoms with Crippen LogP contribution in [0.1, 0.15) is 89.6 Å². The SMILES string of the molecule is CCn1nccc1-c1ccc([C@H](CCN2CCN(C(=O)C3(O)CCN(c4nccc(Sc5ncc(N6CCC(C)(N)CC6)nc5N)c4Cl)CC3)CC2)NC(=O)[C@@H]2C[C@@H](O)CN2C(=O)[C@H](C(C)C)n2cc(C)nn2)cc1. The largest absolute Gasteiger partial charge is 0.391 e. The molecule has 4 fully saturated rings. The predicted molar refractivity (Wildman–Crippen MR) is 287 cm³/mol. The molecule has 4 atom stereocenters. The minimum absolute atomic E-state index is 0.0336. The van der Waals surface area contributed by atoms with Gasteiger partial charge in [-0.2, -0.15) is 5.10 Å². The van der Waals surface area contributed by atoms with Crippen LogP contribution in [0.15, 0.2) is 71.1 Å². The Hall–Kier alpha value is -5.91. The number of amides is 3. The van der Waals surface area contributed by atoms with Crippen molar-refractivity contribution in [3.63, 3.8) is 0 Å². The number of aromatic nitrogens is 8.